The molecule has 0 saturated heterocycles. The van der Waals surface area contributed by atoms with E-state index in [1.807, 2.05) is 38.1 Å². The van der Waals surface area contributed by atoms with E-state index in [1.165, 1.54) is 5.56 Å². The third kappa shape index (κ3) is 4.75. The van der Waals surface area contributed by atoms with Crippen molar-refractivity contribution in [2.75, 3.05) is 20.3 Å². The average molecular weight is 251 g/mol. The smallest absolute Gasteiger partial charge is 0.322 e. The molecule has 0 radical (unpaired) electrons. The Kier molecular flexibility index (Phi) is 6.22. The number of nitrogens with one attached hydrogen (secondary N) is 1. The molecule has 18 heavy (non-hydrogen) atoms. The lowest BCUT2D eigenvalue weighted by Gasteiger charge is -2.12. The van der Waals surface area contributed by atoms with Crippen LogP contribution in [0.15, 0.2) is 24.3 Å². The fourth-order valence-corrected chi connectivity index (χ4v) is 1.58. The van der Waals surface area contributed by atoms with Crippen LogP contribution in [-0.2, 0) is 16.0 Å². The molecule has 0 amide bonds. The van der Waals surface area contributed by atoms with Crippen molar-refractivity contribution in [1.29, 1.82) is 0 Å². The summed E-state index contributed by atoms with van der Waals surface area (Å²) >= 11 is 0. The summed E-state index contributed by atoms with van der Waals surface area (Å²) in [6, 6.07) is 7.66. The lowest BCUT2D eigenvalue weighted by atomic mass is 10.1. The maximum absolute atomic E-state index is 11.4. The first kappa shape index (κ1) is 14.5. The maximum atomic E-state index is 11.4. The predicted molar refractivity (Wildman–Crippen MR) is 70.8 cm³/mol. The third-order valence-electron chi connectivity index (χ3n) is 2.66. The van der Waals surface area contributed by atoms with E-state index in [0.717, 1.165) is 18.7 Å². The Labute approximate surface area is 108 Å². The number of hydrogen-bond acceptors (Lipinski definition) is 4. The molecule has 0 bridgehead atoms. The highest BCUT2D eigenvalue weighted by atomic mass is 16.5. The highest BCUT2D eigenvalue weighted by molar-refractivity contribution is 5.75. The van der Waals surface area contributed by atoms with Crippen LogP contribution in [0.25, 0.3) is 0 Å². The molecule has 0 aliphatic rings. The van der Waals surface area contributed by atoms with Crippen LogP contribution in [0.5, 0.6) is 5.75 Å². The van der Waals surface area contributed by atoms with Gasteiger partial charge in [-0.15, -0.1) is 0 Å². The first-order chi connectivity index (χ1) is 8.67. The summed E-state index contributed by atoms with van der Waals surface area (Å²) in [6.07, 6.45) is 0.869. The zero-order valence-corrected chi connectivity index (χ0v) is 11.2. The van der Waals surface area contributed by atoms with E-state index in [0.29, 0.717) is 6.61 Å². The van der Waals surface area contributed by atoms with E-state index in [1.54, 1.807) is 7.11 Å². The number of hydrogen-bond donors (Lipinski definition) is 1. The predicted octanol–water partition coefficient (Wildman–Crippen LogP) is 1.78. The molecule has 4 nitrogen and oxygen atoms in total. The molecule has 1 aromatic rings. The Bertz CT molecular complexity index is 362. The molecule has 1 unspecified atom stereocenters. The van der Waals surface area contributed by atoms with E-state index >= 15 is 0 Å². The van der Waals surface area contributed by atoms with Crippen LogP contribution in [-0.4, -0.2) is 32.3 Å². The van der Waals surface area contributed by atoms with Crippen LogP contribution in [0.1, 0.15) is 19.4 Å². The topological polar surface area (TPSA) is 47.6 Å². The van der Waals surface area contributed by atoms with Crippen LogP contribution in [0.3, 0.4) is 0 Å². The van der Waals surface area contributed by atoms with Gasteiger partial charge in [-0.1, -0.05) is 12.1 Å². The minimum Gasteiger partial charge on any atom is -0.497 e. The van der Waals surface area contributed by atoms with Crippen LogP contribution in [0.2, 0.25) is 0 Å². The van der Waals surface area contributed by atoms with Crippen molar-refractivity contribution in [1.82, 2.24) is 5.32 Å². The van der Waals surface area contributed by atoms with Gasteiger partial charge in [0.15, 0.2) is 0 Å². The first-order valence-electron chi connectivity index (χ1n) is 6.20. The van der Waals surface area contributed by atoms with Crippen molar-refractivity contribution >= 4 is 5.97 Å². The van der Waals surface area contributed by atoms with Gasteiger partial charge in [-0.05, 0) is 44.5 Å². The van der Waals surface area contributed by atoms with E-state index in [-0.39, 0.29) is 12.0 Å². The normalized spacial score (nSPS) is 11.9. The Balaban J connectivity index is 2.30. The van der Waals surface area contributed by atoms with Crippen molar-refractivity contribution in [3.8, 4) is 5.75 Å². The summed E-state index contributed by atoms with van der Waals surface area (Å²) < 4.78 is 10.0. The van der Waals surface area contributed by atoms with Gasteiger partial charge in [-0.25, -0.2) is 0 Å². The summed E-state index contributed by atoms with van der Waals surface area (Å²) in [6.45, 7) is 4.78. The van der Waals surface area contributed by atoms with Gasteiger partial charge in [0.05, 0.1) is 13.7 Å². The molecule has 0 fully saturated rings. The van der Waals surface area contributed by atoms with Gasteiger partial charge >= 0.3 is 5.97 Å². The monoisotopic (exact) mass is 251 g/mol. The van der Waals surface area contributed by atoms with Gasteiger partial charge in [0.1, 0.15) is 11.8 Å². The zero-order chi connectivity index (χ0) is 13.4. The fraction of sp³-hybridized carbons (Fsp3) is 0.500. The lowest BCUT2D eigenvalue weighted by Crippen LogP contribution is -2.36. The highest BCUT2D eigenvalue weighted by Crippen LogP contribution is 2.11. The molecule has 0 aliphatic heterocycles. The zero-order valence-electron chi connectivity index (χ0n) is 11.2. The van der Waals surface area contributed by atoms with Gasteiger partial charge in [0.25, 0.3) is 0 Å². The molecule has 1 atom stereocenters. The van der Waals surface area contributed by atoms with Crippen molar-refractivity contribution in [3.63, 3.8) is 0 Å². The second-order valence-electron chi connectivity index (χ2n) is 4.03. The molecule has 0 heterocycles. The number of rotatable bonds is 7. The van der Waals surface area contributed by atoms with E-state index in [2.05, 4.69) is 5.32 Å². The molecule has 1 rings (SSSR count). The second-order valence-corrected chi connectivity index (χ2v) is 4.03. The average Bonchev–Trinajstić information content (AvgIpc) is 2.39. The van der Waals surface area contributed by atoms with Crippen molar-refractivity contribution in [2.45, 2.75) is 26.3 Å². The van der Waals surface area contributed by atoms with Crippen molar-refractivity contribution in [3.05, 3.63) is 29.8 Å². The number of methoxy groups -OCH3 is 1. The maximum Gasteiger partial charge on any atom is 0.322 e. The van der Waals surface area contributed by atoms with Crippen LogP contribution < -0.4 is 10.1 Å². The van der Waals surface area contributed by atoms with Gasteiger partial charge in [0.2, 0.25) is 0 Å². The van der Waals surface area contributed by atoms with E-state index in [4.69, 9.17) is 9.47 Å². The number of benzene rings is 1. The summed E-state index contributed by atoms with van der Waals surface area (Å²) in [5, 5.41) is 3.14. The van der Waals surface area contributed by atoms with Gasteiger partial charge in [-0.3, -0.25) is 4.79 Å². The number of esters is 1. The minimum absolute atomic E-state index is 0.202. The van der Waals surface area contributed by atoms with Crippen LogP contribution >= 0.6 is 0 Å². The van der Waals surface area contributed by atoms with Crippen LogP contribution in [0.4, 0.5) is 0 Å². The summed E-state index contributed by atoms with van der Waals surface area (Å²) in [5.74, 6) is 0.652. The molecular formula is C14H21NO3. The molecular weight excluding hydrogens is 230 g/mol. The molecule has 0 aromatic heterocycles. The van der Waals surface area contributed by atoms with Gasteiger partial charge in [0, 0.05) is 0 Å². The standard InChI is InChI=1S/C14H21NO3/c1-4-18-14(16)11(2)15-10-9-12-5-7-13(17-3)8-6-12/h5-8,11,15H,4,9-10H2,1-3H3. The second kappa shape index (κ2) is 7.71. The first-order valence-corrected chi connectivity index (χ1v) is 6.20. The van der Waals surface area contributed by atoms with E-state index < -0.39 is 0 Å². The summed E-state index contributed by atoms with van der Waals surface area (Å²) in [7, 11) is 1.65. The van der Waals surface area contributed by atoms with Gasteiger partial charge in [-0.2, -0.15) is 0 Å². The molecule has 0 aliphatic carbocycles. The molecule has 0 spiro atoms. The van der Waals surface area contributed by atoms with E-state index in [9.17, 15) is 4.79 Å². The fourth-order valence-electron chi connectivity index (χ4n) is 1.58. The molecule has 0 saturated carbocycles. The Morgan fingerprint density at radius 2 is 2.00 bits per heavy atom. The summed E-state index contributed by atoms with van der Waals surface area (Å²) in [4.78, 5) is 11.4. The quantitative estimate of drug-likeness (QED) is 0.750. The molecule has 100 valence electrons. The molecule has 1 N–H and O–H groups in total. The number of carbonyl (C=O) groups is 1. The third-order valence-corrected chi connectivity index (χ3v) is 2.66. The van der Waals surface area contributed by atoms with Crippen LogP contribution in [0, 0.1) is 0 Å². The molecule has 4 heteroatoms. The van der Waals surface area contributed by atoms with Gasteiger partial charge < -0.3 is 14.8 Å². The lowest BCUT2D eigenvalue weighted by molar-refractivity contribution is -0.145. The van der Waals surface area contributed by atoms with Crippen molar-refractivity contribution < 1.29 is 14.3 Å². The Hall–Kier alpha value is -1.55. The SMILES string of the molecule is CCOC(=O)C(C)NCCc1ccc(OC)cc1. The molecule has 1 aromatic carbocycles. The van der Waals surface area contributed by atoms with Crippen molar-refractivity contribution in [2.24, 2.45) is 0 Å². The Morgan fingerprint density at radius 1 is 1.33 bits per heavy atom. The largest absolute Gasteiger partial charge is 0.497 e. The number of carbonyl (C=O) groups excluding carboxylic acids is 1. The Morgan fingerprint density at radius 3 is 2.56 bits per heavy atom. The number of ether oxygens (including phenoxy) is 2. The highest BCUT2D eigenvalue weighted by Gasteiger charge is 2.12. The minimum atomic E-state index is -0.261. The summed E-state index contributed by atoms with van der Waals surface area (Å²) in [5.41, 5.74) is 1.21.